The largest absolute Gasteiger partial charge is 0.409 e. The minimum Gasteiger partial charge on any atom is -0.309 e. The first-order valence-corrected chi connectivity index (χ1v) is 18.4. The van der Waals surface area contributed by atoms with Crippen molar-refractivity contribution in [3.8, 4) is 39.6 Å². The van der Waals surface area contributed by atoms with Crippen LogP contribution in [0.3, 0.4) is 0 Å². The maximum atomic E-state index is 5.37. The quantitative estimate of drug-likeness (QED) is 0.165. The molecule has 54 heavy (non-hydrogen) atoms. The second kappa shape index (κ2) is 12.1. The normalized spacial score (nSPS) is 11.7. The molecular weight excluding hydrogens is 657 g/mol. The summed E-state index contributed by atoms with van der Waals surface area (Å²) in [6.07, 6.45) is 2.21. The first kappa shape index (κ1) is 30.3. The Kier molecular flexibility index (Phi) is 6.82. The lowest BCUT2D eigenvalue weighted by Crippen LogP contribution is -2.37. The van der Waals surface area contributed by atoms with Gasteiger partial charge in [-0.15, -0.1) is 0 Å². The number of para-hydroxylation sites is 4. The molecule has 0 spiro atoms. The van der Waals surface area contributed by atoms with Crippen LogP contribution in [0.4, 0.5) is 0 Å². The van der Waals surface area contributed by atoms with Gasteiger partial charge in [0.15, 0.2) is 5.52 Å². The molecule has 0 radical (unpaired) electrons. The lowest BCUT2D eigenvalue weighted by atomic mass is 9.99. The van der Waals surface area contributed by atoms with Crippen molar-refractivity contribution in [2.75, 3.05) is 0 Å². The summed E-state index contributed by atoms with van der Waals surface area (Å²) in [4.78, 5) is 5.37. The summed E-state index contributed by atoms with van der Waals surface area (Å²) in [5.74, 6) is 0.843. The number of rotatable bonds is 5. The van der Waals surface area contributed by atoms with Gasteiger partial charge in [-0.1, -0.05) is 120 Å². The van der Waals surface area contributed by atoms with Crippen molar-refractivity contribution in [1.82, 2.24) is 14.1 Å². The van der Waals surface area contributed by atoms with Gasteiger partial charge in [-0.2, -0.15) is 4.57 Å². The zero-order valence-electron chi connectivity index (χ0n) is 29.3. The minimum absolute atomic E-state index is 0.843. The molecule has 0 saturated heterocycles. The molecule has 0 saturated carbocycles. The monoisotopic (exact) mass is 689 g/mol. The maximum Gasteiger partial charge on any atom is 0.409 e. The van der Waals surface area contributed by atoms with Gasteiger partial charge in [0.05, 0.1) is 17.2 Å². The molecule has 0 aliphatic carbocycles. The van der Waals surface area contributed by atoms with Crippen molar-refractivity contribution in [2.24, 2.45) is 0 Å². The molecule has 3 heterocycles. The summed E-state index contributed by atoms with van der Waals surface area (Å²) < 4.78 is 6.92. The summed E-state index contributed by atoms with van der Waals surface area (Å²) in [7, 11) is 0. The Balaban J connectivity index is 1.17. The van der Waals surface area contributed by atoms with Crippen LogP contribution in [-0.4, -0.2) is 14.1 Å². The molecule has 11 aromatic rings. The zero-order chi connectivity index (χ0) is 35.6. The number of fused-ring (bicyclic) bond motifs is 7. The summed E-state index contributed by atoms with van der Waals surface area (Å²) in [5.41, 5.74) is 12.5. The predicted octanol–water partition coefficient (Wildman–Crippen LogP) is 12.0. The fourth-order valence-corrected chi connectivity index (χ4v) is 8.23. The third-order valence-electron chi connectivity index (χ3n) is 10.8. The molecule has 4 heteroatoms. The summed E-state index contributed by atoms with van der Waals surface area (Å²) in [6.45, 7) is 0. The SMILES string of the molecule is c1ccc(-c2ccc3c(c2)c2cc(-c4ccc5c(c4)c4ccccc4n5-c4ccccc4)ccc2n3-c2nc3ccccc3c[n+]2-c2ccccc2)cc1. The van der Waals surface area contributed by atoms with Gasteiger partial charge in [-0.3, -0.25) is 0 Å². The van der Waals surface area contributed by atoms with Crippen molar-refractivity contribution < 1.29 is 4.57 Å². The van der Waals surface area contributed by atoms with E-state index in [4.69, 9.17) is 4.98 Å². The van der Waals surface area contributed by atoms with Gasteiger partial charge >= 0.3 is 5.95 Å². The van der Waals surface area contributed by atoms with Crippen LogP contribution in [0.25, 0.3) is 94.1 Å². The van der Waals surface area contributed by atoms with Crippen LogP contribution >= 0.6 is 0 Å². The smallest absolute Gasteiger partial charge is 0.309 e. The van der Waals surface area contributed by atoms with Crippen LogP contribution in [0.5, 0.6) is 0 Å². The Labute approximate surface area is 312 Å². The zero-order valence-corrected chi connectivity index (χ0v) is 29.3. The highest BCUT2D eigenvalue weighted by atomic mass is 15.2. The molecule has 0 unspecified atom stereocenters. The third kappa shape index (κ3) is 4.78. The lowest BCUT2D eigenvalue weighted by molar-refractivity contribution is -0.591. The molecule has 11 rings (SSSR count). The molecule has 8 aromatic carbocycles. The highest BCUT2D eigenvalue weighted by Crippen LogP contribution is 2.39. The second-order valence-electron chi connectivity index (χ2n) is 13.9. The van der Waals surface area contributed by atoms with Crippen molar-refractivity contribution >= 4 is 54.5 Å². The highest BCUT2D eigenvalue weighted by molar-refractivity contribution is 6.13. The molecule has 4 nitrogen and oxygen atoms in total. The van der Waals surface area contributed by atoms with E-state index in [0.29, 0.717) is 0 Å². The summed E-state index contributed by atoms with van der Waals surface area (Å²) in [5, 5.41) is 5.94. The van der Waals surface area contributed by atoms with Crippen molar-refractivity contribution in [1.29, 1.82) is 0 Å². The molecule has 0 atom stereocenters. The van der Waals surface area contributed by atoms with Crippen molar-refractivity contribution in [2.45, 2.75) is 0 Å². The molecular formula is C50H33N4+. The molecule has 0 N–H and O–H groups in total. The van der Waals surface area contributed by atoms with Crippen LogP contribution in [0, 0.1) is 0 Å². The molecule has 3 aromatic heterocycles. The summed E-state index contributed by atoms with van der Waals surface area (Å²) in [6, 6.07) is 69.5. The number of aromatic nitrogens is 4. The van der Waals surface area contributed by atoms with E-state index in [2.05, 4.69) is 214 Å². The maximum absolute atomic E-state index is 5.37. The molecule has 0 aliphatic rings. The van der Waals surface area contributed by atoms with Gasteiger partial charge < -0.3 is 4.57 Å². The average Bonchev–Trinajstić information content (AvgIpc) is 3.76. The van der Waals surface area contributed by atoms with E-state index >= 15 is 0 Å². The molecule has 0 fully saturated rings. The van der Waals surface area contributed by atoms with E-state index in [-0.39, 0.29) is 0 Å². The van der Waals surface area contributed by atoms with Gasteiger partial charge in [-0.25, -0.2) is 4.57 Å². The van der Waals surface area contributed by atoms with Crippen LogP contribution < -0.4 is 4.57 Å². The van der Waals surface area contributed by atoms with Crippen LogP contribution in [0.1, 0.15) is 0 Å². The van der Waals surface area contributed by atoms with Gasteiger partial charge in [0.2, 0.25) is 0 Å². The first-order valence-electron chi connectivity index (χ1n) is 18.4. The van der Waals surface area contributed by atoms with E-state index in [9.17, 15) is 0 Å². The lowest BCUT2D eigenvalue weighted by Gasteiger charge is -2.09. The number of hydrogen-bond acceptors (Lipinski definition) is 1. The fourth-order valence-electron chi connectivity index (χ4n) is 8.23. The molecule has 0 bridgehead atoms. The summed E-state index contributed by atoms with van der Waals surface area (Å²) >= 11 is 0. The number of benzene rings is 8. The minimum atomic E-state index is 0.843. The van der Waals surface area contributed by atoms with Crippen LogP contribution in [0.15, 0.2) is 200 Å². The number of hydrogen-bond donors (Lipinski definition) is 0. The van der Waals surface area contributed by atoms with Crippen LogP contribution in [0.2, 0.25) is 0 Å². The van der Waals surface area contributed by atoms with Gasteiger partial charge in [-0.05, 0) is 101 Å². The van der Waals surface area contributed by atoms with Crippen LogP contribution in [-0.2, 0) is 0 Å². The third-order valence-corrected chi connectivity index (χ3v) is 10.8. The van der Waals surface area contributed by atoms with Crippen molar-refractivity contribution in [3.63, 3.8) is 0 Å². The van der Waals surface area contributed by atoms with E-state index in [0.717, 1.165) is 39.3 Å². The Hall–Kier alpha value is -7.30. The standard InChI is InChI=1S/C50H33N4/c1-4-14-34(15-5-1)35-24-28-48-43(30-35)44-32-37(36-25-27-47-42(31-36)41-21-11-13-23-46(41)53(47)40-19-8-3-9-20-40)26-29-49(44)54(48)50-51-45-22-12-10-16-38(45)33-52(50)39-17-6-2-7-18-39/h1-33H/q+1. The molecule has 0 aliphatic heterocycles. The first-order chi connectivity index (χ1) is 26.8. The Morgan fingerprint density at radius 2 is 0.870 bits per heavy atom. The van der Waals surface area contributed by atoms with Crippen molar-refractivity contribution in [3.05, 3.63) is 200 Å². The Morgan fingerprint density at radius 1 is 0.370 bits per heavy atom. The van der Waals surface area contributed by atoms with E-state index in [1.807, 2.05) is 0 Å². The predicted molar refractivity (Wildman–Crippen MR) is 223 cm³/mol. The Morgan fingerprint density at radius 3 is 1.56 bits per heavy atom. The highest BCUT2D eigenvalue weighted by Gasteiger charge is 2.26. The van der Waals surface area contributed by atoms with E-state index in [1.54, 1.807) is 0 Å². The topological polar surface area (TPSA) is 26.6 Å². The average molecular weight is 690 g/mol. The van der Waals surface area contributed by atoms with Gasteiger partial charge in [0.1, 0.15) is 16.7 Å². The Bertz CT molecular complexity index is 3200. The molecule has 0 amide bonds. The van der Waals surface area contributed by atoms with Gasteiger partial charge in [0, 0.05) is 32.6 Å². The fraction of sp³-hybridized carbons (Fsp3) is 0. The number of nitrogens with zero attached hydrogens (tertiary/aromatic N) is 4. The second-order valence-corrected chi connectivity index (χ2v) is 13.9. The van der Waals surface area contributed by atoms with E-state index < -0.39 is 0 Å². The van der Waals surface area contributed by atoms with E-state index in [1.165, 1.54) is 54.8 Å². The van der Waals surface area contributed by atoms with Gasteiger partial charge in [0.25, 0.3) is 0 Å². The molecule has 252 valence electrons.